The van der Waals surface area contributed by atoms with Gasteiger partial charge in [0.15, 0.2) is 0 Å². The smallest absolute Gasteiger partial charge is 0.341 e. The average molecular weight is 416 g/mol. The number of aromatic nitrogens is 2. The summed E-state index contributed by atoms with van der Waals surface area (Å²) in [4.78, 5) is 39.5. The summed E-state index contributed by atoms with van der Waals surface area (Å²) in [5.41, 5.74) is 0.493. The summed E-state index contributed by atoms with van der Waals surface area (Å²) in [5, 5.41) is 5.82. The molecule has 2 aromatic carbocycles. The Kier molecular flexibility index (Phi) is 5.49. The maximum atomic E-state index is 13.5. The molecule has 2 heterocycles. The van der Waals surface area contributed by atoms with Gasteiger partial charge >= 0.3 is 11.9 Å². The predicted octanol–water partition coefficient (Wildman–Crippen LogP) is 4.07. The number of ketones is 1. The average Bonchev–Trinajstić information content (AvgIpc) is 3.15. The molecule has 0 unspecified atom stereocenters. The lowest BCUT2D eigenvalue weighted by Gasteiger charge is -2.07. The highest BCUT2D eigenvalue weighted by Gasteiger charge is 2.35. The highest BCUT2D eigenvalue weighted by Crippen LogP contribution is 2.32. The van der Waals surface area contributed by atoms with Crippen LogP contribution >= 0.6 is 0 Å². The highest BCUT2D eigenvalue weighted by molar-refractivity contribution is 6.22. The summed E-state index contributed by atoms with van der Waals surface area (Å²) in [7, 11) is 0. The molecule has 0 radical (unpaired) electrons. The third-order valence-corrected chi connectivity index (χ3v) is 4.89. The molecule has 0 N–H and O–H groups in total. The SMILES string of the molecule is CCOC(=O)c1c(C(=O)OCC)c2c3ccccc3cnn2c1C(=O)c1ccccc1. The molecule has 156 valence electrons. The van der Waals surface area contributed by atoms with Gasteiger partial charge in [-0.15, -0.1) is 0 Å². The second-order valence-corrected chi connectivity index (χ2v) is 6.73. The molecule has 0 atom stereocenters. The van der Waals surface area contributed by atoms with Gasteiger partial charge < -0.3 is 9.47 Å². The Morgan fingerprint density at radius 3 is 2.13 bits per heavy atom. The fraction of sp³-hybridized carbons (Fsp3) is 0.167. The van der Waals surface area contributed by atoms with Crippen molar-refractivity contribution < 1.29 is 23.9 Å². The van der Waals surface area contributed by atoms with Crippen LogP contribution in [0.4, 0.5) is 0 Å². The quantitative estimate of drug-likeness (QED) is 0.348. The van der Waals surface area contributed by atoms with E-state index in [0.717, 1.165) is 5.39 Å². The van der Waals surface area contributed by atoms with Crippen LogP contribution in [-0.2, 0) is 9.47 Å². The first-order chi connectivity index (χ1) is 15.1. The molecule has 2 aromatic heterocycles. The zero-order valence-corrected chi connectivity index (χ0v) is 17.1. The number of carbonyl (C=O) groups excluding carboxylic acids is 3. The van der Waals surface area contributed by atoms with E-state index in [1.54, 1.807) is 56.4 Å². The van der Waals surface area contributed by atoms with Gasteiger partial charge in [0.1, 0.15) is 16.8 Å². The van der Waals surface area contributed by atoms with E-state index in [9.17, 15) is 14.4 Å². The van der Waals surface area contributed by atoms with Gasteiger partial charge in [-0.2, -0.15) is 5.10 Å². The number of benzene rings is 2. The van der Waals surface area contributed by atoms with E-state index in [4.69, 9.17) is 9.47 Å². The fourth-order valence-corrected chi connectivity index (χ4v) is 3.61. The van der Waals surface area contributed by atoms with Crippen molar-refractivity contribution in [2.75, 3.05) is 13.2 Å². The summed E-state index contributed by atoms with van der Waals surface area (Å²) in [6.07, 6.45) is 1.59. The molecule has 0 saturated carbocycles. The van der Waals surface area contributed by atoms with Gasteiger partial charge in [0.05, 0.1) is 24.9 Å². The lowest BCUT2D eigenvalue weighted by atomic mass is 10.0. The first-order valence-electron chi connectivity index (χ1n) is 9.94. The fourth-order valence-electron chi connectivity index (χ4n) is 3.61. The topological polar surface area (TPSA) is 87.0 Å². The maximum absolute atomic E-state index is 13.5. The zero-order chi connectivity index (χ0) is 22.0. The summed E-state index contributed by atoms with van der Waals surface area (Å²) in [6.45, 7) is 3.52. The molecule has 0 aliphatic rings. The first kappa shape index (κ1) is 20.3. The minimum atomic E-state index is -0.778. The number of hydrogen-bond donors (Lipinski definition) is 0. The van der Waals surface area contributed by atoms with Crippen LogP contribution < -0.4 is 0 Å². The van der Waals surface area contributed by atoms with Gasteiger partial charge in [0.2, 0.25) is 5.78 Å². The van der Waals surface area contributed by atoms with Crippen molar-refractivity contribution in [2.24, 2.45) is 0 Å². The van der Waals surface area contributed by atoms with Crippen molar-refractivity contribution in [1.82, 2.24) is 9.61 Å². The van der Waals surface area contributed by atoms with Crippen molar-refractivity contribution in [3.8, 4) is 0 Å². The molecule has 0 aliphatic carbocycles. The maximum Gasteiger partial charge on any atom is 0.341 e. The summed E-state index contributed by atoms with van der Waals surface area (Å²) in [5.74, 6) is -1.94. The molecular weight excluding hydrogens is 396 g/mol. The van der Waals surface area contributed by atoms with Crippen LogP contribution in [0.2, 0.25) is 0 Å². The molecule has 0 amide bonds. The third kappa shape index (κ3) is 3.44. The predicted molar refractivity (Wildman–Crippen MR) is 114 cm³/mol. The van der Waals surface area contributed by atoms with Crippen LogP contribution in [0, 0.1) is 0 Å². The Bertz CT molecular complexity index is 1310. The van der Waals surface area contributed by atoms with Crippen LogP contribution in [0.1, 0.15) is 50.6 Å². The molecule has 4 rings (SSSR count). The lowest BCUT2D eigenvalue weighted by Crippen LogP contribution is -2.17. The van der Waals surface area contributed by atoms with Crippen LogP contribution in [0.25, 0.3) is 16.3 Å². The van der Waals surface area contributed by atoms with Gasteiger partial charge in [0, 0.05) is 16.3 Å². The van der Waals surface area contributed by atoms with Gasteiger partial charge in [0.25, 0.3) is 0 Å². The number of hydrogen-bond acceptors (Lipinski definition) is 6. The van der Waals surface area contributed by atoms with Crippen molar-refractivity contribution in [3.05, 3.63) is 83.2 Å². The van der Waals surface area contributed by atoms with Crippen molar-refractivity contribution in [1.29, 1.82) is 0 Å². The molecule has 7 heteroatoms. The molecule has 4 aromatic rings. The van der Waals surface area contributed by atoms with E-state index in [-0.39, 0.29) is 30.0 Å². The minimum absolute atomic E-state index is 0.0242. The third-order valence-electron chi connectivity index (χ3n) is 4.89. The summed E-state index contributed by atoms with van der Waals surface area (Å²) >= 11 is 0. The first-order valence-corrected chi connectivity index (χ1v) is 9.94. The summed E-state index contributed by atoms with van der Waals surface area (Å²) in [6, 6.07) is 15.8. The molecule has 0 aliphatic heterocycles. The number of ether oxygens (including phenoxy) is 2. The molecule has 31 heavy (non-hydrogen) atoms. The molecule has 0 saturated heterocycles. The highest BCUT2D eigenvalue weighted by atomic mass is 16.5. The normalized spacial score (nSPS) is 10.9. The number of rotatable bonds is 6. The van der Waals surface area contributed by atoms with E-state index in [1.165, 1.54) is 4.52 Å². The Balaban J connectivity index is 2.16. The standard InChI is InChI=1S/C24H20N2O5/c1-3-30-23(28)18-19(24(29)31-4-2)21(22(27)15-10-6-5-7-11-15)26-20(18)17-13-9-8-12-16(17)14-25-26/h5-14H,3-4H2,1-2H3. The minimum Gasteiger partial charge on any atom is -0.462 e. The van der Waals surface area contributed by atoms with Crippen molar-refractivity contribution in [3.63, 3.8) is 0 Å². The van der Waals surface area contributed by atoms with Crippen LogP contribution in [0.15, 0.2) is 60.8 Å². The number of fused-ring (bicyclic) bond motifs is 3. The van der Waals surface area contributed by atoms with Gasteiger partial charge in [-0.1, -0.05) is 54.6 Å². The molecule has 0 bridgehead atoms. The Hall–Kier alpha value is -4.00. The Labute approximate surface area is 178 Å². The molecular formula is C24H20N2O5. The van der Waals surface area contributed by atoms with Crippen LogP contribution in [-0.4, -0.2) is 40.5 Å². The van der Waals surface area contributed by atoms with Crippen LogP contribution in [0.5, 0.6) is 0 Å². The van der Waals surface area contributed by atoms with Gasteiger partial charge in [-0.3, -0.25) is 4.79 Å². The van der Waals surface area contributed by atoms with E-state index in [2.05, 4.69) is 5.10 Å². The van der Waals surface area contributed by atoms with Gasteiger partial charge in [-0.25, -0.2) is 14.1 Å². The second-order valence-electron chi connectivity index (χ2n) is 6.73. The Morgan fingerprint density at radius 2 is 1.45 bits per heavy atom. The lowest BCUT2D eigenvalue weighted by molar-refractivity contribution is 0.0480. The van der Waals surface area contributed by atoms with Crippen molar-refractivity contribution >= 4 is 34.0 Å². The van der Waals surface area contributed by atoms with E-state index in [1.807, 2.05) is 18.2 Å². The number of esters is 2. The summed E-state index contributed by atoms with van der Waals surface area (Å²) < 4.78 is 11.8. The number of nitrogens with zero attached hydrogens (tertiary/aromatic N) is 2. The van der Waals surface area contributed by atoms with Gasteiger partial charge in [-0.05, 0) is 13.8 Å². The monoisotopic (exact) mass is 416 g/mol. The molecule has 0 spiro atoms. The number of carbonyl (C=O) groups is 3. The van der Waals surface area contributed by atoms with Crippen LogP contribution in [0.3, 0.4) is 0 Å². The molecule has 0 fully saturated rings. The Morgan fingerprint density at radius 1 is 0.839 bits per heavy atom. The van der Waals surface area contributed by atoms with E-state index < -0.39 is 17.7 Å². The van der Waals surface area contributed by atoms with Crippen molar-refractivity contribution in [2.45, 2.75) is 13.8 Å². The second kappa shape index (κ2) is 8.39. The van der Waals surface area contributed by atoms with E-state index >= 15 is 0 Å². The largest absolute Gasteiger partial charge is 0.462 e. The zero-order valence-electron chi connectivity index (χ0n) is 17.1. The van der Waals surface area contributed by atoms with E-state index in [0.29, 0.717) is 16.5 Å². The molecule has 7 nitrogen and oxygen atoms in total.